The zero-order chi connectivity index (χ0) is 7.28. The van der Waals surface area contributed by atoms with Gasteiger partial charge >= 0.3 is 0 Å². The van der Waals surface area contributed by atoms with Crippen LogP contribution in [0.3, 0.4) is 0 Å². The highest BCUT2D eigenvalue weighted by molar-refractivity contribution is 6.31. The van der Waals surface area contributed by atoms with E-state index in [0.29, 0.717) is 5.41 Å². The Morgan fingerprint density at radius 2 is 1.67 bits per heavy atom. The molecule has 1 heteroatoms. The van der Waals surface area contributed by atoms with Gasteiger partial charge in [-0.25, -0.2) is 0 Å². The Balaban J connectivity index is 2.94. The van der Waals surface area contributed by atoms with Crippen molar-refractivity contribution in [2.45, 2.75) is 27.7 Å². The van der Waals surface area contributed by atoms with Gasteiger partial charge in [0.15, 0.2) is 0 Å². The molecule has 0 spiro atoms. The first-order valence-corrected chi connectivity index (χ1v) is 3.64. The van der Waals surface area contributed by atoms with Crippen molar-refractivity contribution in [2.24, 2.45) is 10.8 Å². The Morgan fingerprint density at radius 3 is 1.67 bits per heavy atom. The van der Waals surface area contributed by atoms with E-state index in [4.69, 9.17) is 11.6 Å². The van der Waals surface area contributed by atoms with E-state index in [1.165, 1.54) is 0 Å². The molecule has 0 unspecified atom stereocenters. The van der Waals surface area contributed by atoms with Gasteiger partial charge in [-0.05, 0) is 5.41 Å². The van der Waals surface area contributed by atoms with E-state index in [2.05, 4.69) is 33.8 Å². The summed E-state index contributed by atoms with van der Waals surface area (Å²) in [5.74, 6) is 0. The first kappa shape index (κ1) is 7.14. The molecule has 0 aromatic rings. The Hall–Kier alpha value is 0.0300. The van der Waals surface area contributed by atoms with E-state index in [0.717, 1.165) is 5.03 Å². The molecule has 0 aliphatic heterocycles. The summed E-state index contributed by atoms with van der Waals surface area (Å²) >= 11 is 5.89. The number of allylic oxidation sites excluding steroid dienone is 2. The topological polar surface area (TPSA) is 0 Å². The van der Waals surface area contributed by atoms with Crippen molar-refractivity contribution in [3.63, 3.8) is 0 Å². The molecule has 0 atom stereocenters. The minimum atomic E-state index is 0.203. The third-order valence-electron chi connectivity index (χ3n) is 2.70. The number of rotatable bonds is 0. The molecule has 0 saturated heterocycles. The molecular formula is C8H13Cl. The fourth-order valence-electron chi connectivity index (χ4n) is 0.908. The average Bonchev–Trinajstić information content (AvgIpc) is 1.65. The molecule has 0 radical (unpaired) electrons. The summed E-state index contributed by atoms with van der Waals surface area (Å²) in [5.41, 5.74) is 0.499. The average molecular weight is 145 g/mol. The normalized spacial score (nSPS) is 28.8. The summed E-state index contributed by atoms with van der Waals surface area (Å²) in [6, 6.07) is 0. The summed E-state index contributed by atoms with van der Waals surface area (Å²) < 4.78 is 0. The molecule has 0 aromatic heterocycles. The maximum Gasteiger partial charge on any atom is 0.0211 e. The Kier molecular flexibility index (Phi) is 1.23. The molecule has 0 N–H and O–H groups in total. The predicted molar refractivity (Wildman–Crippen MR) is 41.5 cm³/mol. The van der Waals surface area contributed by atoms with Crippen LogP contribution in [0, 0.1) is 10.8 Å². The Labute approximate surface area is 61.9 Å². The predicted octanol–water partition coefficient (Wildman–Crippen LogP) is 3.18. The van der Waals surface area contributed by atoms with E-state index in [9.17, 15) is 0 Å². The van der Waals surface area contributed by atoms with Crippen molar-refractivity contribution in [3.8, 4) is 0 Å². The molecule has 0 saturated carbocycles. The largest absolute Gasteiger partial charge is 0.0888 e. The minimum Gasteiger partial charge on any atom is -0.0888 e. The van der Waals surface area contributed by atoms with Gasteiger partial charge < -0.3 is 0 Å². The zero-order valence-electron chi connectivity index (χ0n) is 6.46. The number of hydrogen-bond acceptors (Lipinski definition) is 0. The number of halogens is 1. The fraction of sp³-hybridized carbons (Fsp3) is 0.750. The summed E-state index contributed by atoms with van der Waals surface area (Å²) in [7, 11) is 0. The third kappa shape index (κ3) is 0.728. The monoisotopic (exact) mass is 144 g/mol. The smallest absolute Gasteiger partial charge is 0.0211 e. The molecule has 0 heterocycles. The molecule has 52 valence electrons. The van der Waals surface area contributed by atoms with Gasteiger partial charge in [0.1, 0.15) is 0 Å². The lowest BCUT2D eigenvalue weighted by Crippen LogP contribution is -2.39. The van der Waals surface area contributed by atoms with Gasteiger partial charge in [0.25, 0.3) is 0 Å². The van der Waals surface area contributed by atoms with Crippen LogP contribution in [-0.2, 0) is 0 Å². The van der Waals surface area contributed by atoms with Crippen molar-refractivity contribution < 1.29 is 0 Å². The summed E-state index contributed by atoms with van der Waals surface area (Å²) in [4.78, 5) is 0. The van der Waals surface area contributed by atoms with Crippen LogP contribution in [0.2, 0.25) is 0 Å². The lowest BCUT2D eigenvalue weighted by Gasteiger charge is -2.48. The SMILES string of the molecule is CC1(C)C=C(Cl)C1(C)C. The van der Waals surface area contributed by atoms with E-state index in [1.807, 2.05) is 0 Å². The molecule has 0 amide bonds. The lowest BCUT2D eigenvalue weighted by atomic mass is 9.59. The zero-order valence-corrected chi connectivity index (χ0v) is 7.21. The highest BCUT2D eigenvalue weighted by Gasteiger charge is 2.45. The van der Waals surface area contributed by atoms with Crippen molar-refractivity contribution in [1.82, 2.24) is 0 Å². The second-order valence-electron chi connectivity index (χ2n) is 3.84. The van der Waals surface area contributed by atoms with Crippen LogP contribution in [0.5, 0.6) is 0 Å². The number of hydrogen-bond donors (Lipinski definition) is 0. The first-order chi connectivity index (χ1) is 3.88. The van der Waals surface area contributed by atoms with Crippen LogP contribution in [0.15, 0.2) is 11.1 Å². The quantitative estimate of drug-likeness (QED) is 0.490. The molecule has 0 nitrogen and oxygen atoms in total. The highest BCUT2D eigenvalue weighted by Crippen LogP contribution is 2.55. The van der Waals surface area contributed by atoms with Gasteiger partial charge in [0.05, 0.1) is 0 Å². The highest BCUT2D eigenvalue weighted by atomic mass is 35.5. The van der Waals surface area contributed by atoms with Gasteiger partial charge in [0, 0.05) is 10.4 Å². The second kappa shape index (κ2) is 1.54. The standard InChI is InChI=1S/C8H13Cl/c1-7(2)5-6(9)8(7,3)4/h5H,1-4H3. The second-order valence-corrected chi connectivity index (χ2v) is 4.25. The van der Waals surface area contributed by atoms with Crippen LogP contribution < -0.4 is 0 Å². The molecule has 1 aliphatic rings. The van der Waals surface area contributed by atoms with Gasteiger partial charge in [-0.15, -0.1) is 0 Å². The Bertz CT molecular complexity index is 163. The van der Waals surface area contributed by atoms with E-state index in [-0.39, 0.29) is 5.41 Å². The maximum atomic E-state index is 5.89. The van der Waals surface area contributed by atoms with Gasteiger partial charge in [0.2, 0.25) is 0 Å². The summed E-state index contributed by atoms with van der Waals surface area (Å²) in [6.07, 6.45) is 2.12. The fourth-order valence-corrected chi connectivity index (χ4v) is 1.42. The van der Waals surface area contributed by atoms with E-state index < -0.39 is 0 Å². The van der Waals surface area contributed by atoms with E-state index in [1.54, 1.807) is 0 Å². The molecule has 0 fully saturated rings. The molecule has 1 aliphatic carbocycles. The summed E-state index contributed by atoms with van der Waals surface area (Å²) in [5, 5.41) is 1.01. The van der Waals surface area contributed by atoms with Gasteiger partial charge in [-0.3, -0.25) is 0 Å². The van der Waals surface area contributed by atoms with Crippen molar-refractivity contribution >= 4 is 11.6 Å². The minimum absolute atomic E-state index is 0.203. The van der Waals surface area contributed by atoms with Gasteiger partial charge in [-0.2, -0.15) is 0 Å². The van der Waals surface area contributed by atoms with Crippen molar-refractivity contribution in [2.75, 3.05) is 0 Å². The molecule has 1 rings (SSSR count). The van der Waals surface area contributed by atoms with Crippen LogP contribution in [0.1, 0.15) is 27.7 Å². The summed E-state index contributed by atoms with van der Waals surface area (Å²) in [6.45, 7) is 8.77. The van der Waals surface area contributed by atoms with Crippen LogP contribution >= 0.6 is 11.6 Å². The molecule has 9 heavy (non-hydrogen) atoms. The van der Waals surface area contributed by atoms with E-state index >= 15 is 0 Å². The van der Waals surface area contributed by atoms with Crippen LogP contribution in [-0.4, -0.2) is 0 Å². The lowest BCUT2D eigenvalue weighted by molar-refractivity contribution is 0.180. The Morgan fingerprint density at radius 1 is 1.22 bits per heavy atom. The molecule has 0 aromatic carbocycles. The van der Waals surface area contributed by atoms with Gasteiger partial charge in [-0.1, -0.05) is 45.4 Å². The molecular weight excluding hydrogens is 132 g/mol. The third-order valence-corrected chi connectivity index (χ3v) is 3.28. The first-order valence-electron chi connectivity index (χ1n) is 3.27. The maximum absolute atomic E-state index is 5.89. The molecule has 0 bridgehead atoms. The van der Waals surface area contributed by atoms with Crippen LogP contribution in [0.4, 0.5) is 0 Å². The van der Waals surface area contributed by atoms with Crippen molar-refractivity contribution in [3.05, 3.63) is 11.1 Å². The van der Waals surface area contributed by atoms with Crippen LogP contribution in [0.25, 0.3) is 0 Å². The van der Waals surface area contributed by atoms with Crippen molar-refractivity contribution in [1.29, 1.82) is 0 Å².